The Hall–Kier alpha value is -1.83. The van der Waals surface area contributed by atoms with E-state index in [1.54, 1.807) is 13.3 Å². The van der Waals surface area contributed by atoms with Gasteiger partial charge >= 0.3 is 5.97 Å². The highest BCUT2D eigenvalue weighted by Gasteiger charge is 2.31. The molecule has 2 N–H and O–H groups in total. The topological polar surface area (TPSA) is 82.9 Å². The van der Waals surface area contributed by atoms with Gasteiger partial charge in [0.15, 0.2) is 0 Å². The first-order chi connectivity index (χ1) is 17.5. The van der Waals surface area contributed by atoms with Gasteiger partial charge in [0.25, 0.3) is 0 Å². The van der Waals surface area contributed by atoms with E-state index in [2.05, 4.69) is 21.6 Å². The van der Waals surface area contributed by atoms with Gasteiger partial charge in [-0.2, -0.15) is 11.8 Å². The molecule has 198 valence electrons. The van der Waals surface area contributed by atoms with Crippen LogP contribution in [0.1, 0.15) is 75.9 Å². The van der Waals surface area contributed by atoms with Crippen molar-refractivity contribution in [3.63, 3.8) is 0 Å². The number of ether oxygens (including phenoxy) is 1. The van der Waals surface area contributed by atoms with Crippen LogP contribution < -0.4 is 4.74 Å². The van der Waals surface area contributed by atoms with Gasteiger partial charge in [0.1, 0.15) is 5.75 Å². The molecule has 0 bridgehead atoms. The summed E-state index contributed by atoms with van der Waals surface area (Å²) in [6.07, 6.45) is 11.9. The van der Waals surface area contributed by atoms with Crippen molar-refractivity contribution in [1.29, 1.82) is 0 Å². The first kappa shape index (κ1) is 27.2. The number of rotatable bonds is 12. The lowest BCUT2D eigenvalue weighted by atomic mass is 9.79. The van der Waals surface area contributed by atoms with E-state index in [0.29, 0.717) is 12.3 Å². The van der Waals surface area contributed by atoms with Crippen LogP contribution >= 0.6 is 11.8 Å². The van der Waals surface area contributed by atoms with Gasteiger partial charge in [-0.3, -0.25) is 9.78 Å². The number of aliphatic hydroxyl groups excluding tert-OH is 1. The van der Waals surface area contributed by atoms with E-state index in [0.717, 1.165) is 59.9 Å². The fourth-order valence-corrected chi connectivity index (χ4v) is 7.35. The molecule has 4 rings (SSSR count). The molecule has 2 aliphatic rings. The normalized spacial score (nSPS) is 22.5. The van der Waals surface area contributed by atoms with Gasteiger partial charge in [-0.05, 0) is 99.0 Å². The highest BCUT2D eigenvalue weighted by molar-refractivity contribution is 7.99. The third kappa shape index (κ3) is 7.59. The fraction of sp³-hybridized carbons (Fsp3) is 0.655. The van der Waals surface area contributed by atoms with Gasteiger partial charge in [-0.15, -0.1) is 0 Å². The zero-order valence-electron chi connectivity index (χ0n) is 21.6. The molecular weight excluding hydrogens is 472 g/mol. The lowest BCUT2D eigenvalue weighted by molar-refractivity contribution is -0.139. The maximum atomic E-state index is 11.6. The zero-order chi connectivity index (χ0) is 25.3. The molecule has 6 nitrogen and oxygen atoms in total. The summed E-state index contributed by atoms with van der Waals surface area (Å²) < 4.78 is 5.37. The SMILES string of the molecule is COc1ccc2nccc([C@@H](O)CC[C@@H]3CCN(CCCSC4CCCCC4)C[C@@H]3CC(=O)O)c2c1. The number of carbonyl (C=O) groups is 1. The Morgan fingerprint density at radius 3 is 2.81 bits per heavy atom. The van der Waals surface area contributed by atoms with Crippen molar-refractivity contribution < 1.29 is 19.7 Å². The summed E-state index contributed by atoms with van der Waals surface area (Å²) in [6.45, 7) is 2.95. The first-order valence-corrected chi connectivity index (χ1v) is 14.7. The molecule has 3 atom stereocenters. The third-order valence-corrected chi connectivity index (χ3v) is 9.56. The highest BCUT2D eigenvalue weighted by Crippen LogP contribution is 2.35. The second-order valence-electron chi connectivity index (χ2n) is 10.6. The second kappa shape index (κ2) is 13.6. The molecule has 2 fully saturated rings. The molecular formula is C29H42N2O4S. The molecule has 0 unspecified atom stereocenters. The quantitative estimate of drug-likeness (QED) is 0.340. The molecule has 1 saturated carbocycles. The highest BCUT2D eigenvalue weighted by atomic mass is 32.2. The molecule has 0 spiro atoms. The van der Waals surface area contributed by atoms with E-state index < -0.39 is 12.1 Å². The van der Waals surface area contributed by atoms with Crippen LogP contribution in [0.25, 0.3) is 10.9 Å². The number of benzene rings is 1. The first-order valence-electron chi connectivity index (χ1n) is 13.7. The predicted molar refractivity (Wildman–Crippen MR) is 147 cm³/mol. The Labute approximate surface area is 219 Å². The minimum absolute atomic E-state index is 0.142. The lowest BCUT2D eigenvalue weighted by Gasteiger charge is -2.38. The van der Waals surface area contributed by atoms with Crippen LogP contribution in [-0.4, -0.2) is 63.8 Å². The largest absolute Gasteiger partial charge is 0.497 e. The number of methoxy groups -OCH3 is 1. The van der Waals surface area contributed by atoms with Crippen molar-refractivity contribution in [2.45, 2.75) is 75.6 Å². The average Bonchev–Trinajstić information content (AvgIpc) is 2.90. The molecule has 7 heteroatoms. The molecule has 0 radical (unpaired) electrons. The molecule has 1 aromatic carbocycles. The smallest absolute Gasteiger partial charge is 0.303 e. The number of nitrogens with zero attached hydrogens (tertiary/aromatic N) is 2. The Morgan fingerprint density at radius 2 is 2.03 bits per heavy atom. The Kier molecular flexibility index (Phi) is 10.3. The van der Waals surface area contributed by atoms with Crippen molar-refractivity contribution in [3.8, 4) is 5.75 Å². The van der Waals surface area contributed by atoms with Gasteiger partial charge in [-0.1, -0.05) is 19.3 Å². The maximum Gasteiger partial charge on any atom is 0.303 e. The molecule has 1 aliphatic carbocycles. The van der Waals surface area contributed by atoms with E-state index >= 15 is 0 Å². The van der Waals surface area contributed by atoms with Crippen molar-refractivity contribution in [2.24, 2.45) is 11.8 Å². The van der Waals surface area contributed by atoms with E-state index in [9.17, 15) is 15.0 Å². The summed E-state index contributed by atoms with van der Waals surface area (Å²) in [5.74, 6) is 1.71. The molecule has 36 heavy (non-hydrogen) atoms. The Balaban J connectivity index is 1.29. The van der Waals surface area contributed by atoms with Gasteiger partial charge in [-0.25, -0.2) is 0 Å². The van der Waals surface area contributed by atoms with Gasteiger partial charge in [0.2, 0.25) is 0 Å². The summed E-state index contributed by atoms with van der Waals surface area (Å²) in [5, 5.41) is 22.4. The minimum Gasteiger partial charge on any atom is -0.497 e. The number of carboxylic acid groups (broad SMARTS) is 1. The molecule has 0 amide bonds. The predicted octanol–water partition coefficient (Wildman–Crippen LogP) is 5.93. The second-order valence-corrected chi connectivity index (χ2v) is 12.0. The van der Waals surface area contributed by atoms with E-state index in [1.807, 2.05) is 24.3 Å². The number of thioether (sulfide) groups is 1. The number of carboxylic acids is 1. The Bertz CT molecular complexity index is 981. The average molecular weight is 515 g/mol. The Morgan fingerprint density at radius 1 is 1.19 bits per heavy atom. The van der Waals surface area contributed by atoms with Crippen LogP contribution in [0.4, 0.5) is 0 Å². The lowest BCUT2D eigenvalue weighted by Crippen LogP contribution is -2.42. The minimum atomic E-state index is -0.715. The van der Waals surface area contributed by atoms with Crippen LogP contribution in [-0.2, 0) is 4.79 Å². The summed E-state index contributed by atoms with van der Waals surface area (Å²) in [7, 11) is 1.64. The molecule has 2 aromatic rings. The molecule has 2 heterocycles. The standard InChI is InChI=1S/C29H42N2O4S/c1-35-23-9-10-27-26(19-23)25(12-14-30-27)28(32)11-8-21-13-16-31(20-22(21)18-29(33)34)15-5-17-36-24-6-3-2-4-7-24/h9-10,12,14,19,21-22,24,28,32H,2-8,11,13,15-18,20H2,1H3,(H,33,34)/t21-,22+,28+/m1/s1. The number of fused-ring (bicyclic) bond motifs is 1. The van der Waals surface area contributed by atoms with Crippen LogP contribution in [0, 0.1) is 11.8 Å². The van der Waals surface area contributed by atoms with Crippen molar-refractivity contribution in [3.05, 3.63) is 36.0 Å². The zero-order valence-corrected chi connectivity index (χ0v) is 22.4. The van der Waals surface area contributed by atoms with Crippen LogP contribution in [0.3, 0.4) is 0 Å². The number of hydrogen-bond acceptors (Lipinski definition) is 6. The number of aliphatic hydroxyl groups is 1. The van der Waals surface area contributed by atoms with Crippen LogP contribution in [0.5, 0.6) is 5.75 Å². The number of likely N-dealkylation sites (tertiary alicyclic amines) is 1. The number of aliphatic carboxylic acids is 1. The van der Waals surface area contributed by atoms with Gasteiger partial charge < -0.3 is 19.8 Å². The monoisotopic (exact) mass is 514 g/mol. The van der Waals surface area contributed by atoms with Gasteiger partial charge in [0.05, 0.1) is 18.7 Å². The van der Waals surface area contributed by atoms with Crippen LogP contribution in [0.15, 0.2) is 30.5 Å². The number of pyridine rings is 1. The van der Waals surface area contributed by atoms with Crippen LogP contribution in [0.2, 0.25) is 0 Å². The van der Waals surface area contributed by atoms with Crippen molar-refractivity contribution in [2.75, 3.05) is 32.5 Å². The molecule has 1 aliphatic heterocycles. The van der Waals surface area contributed by atoms with E-state index in [4.69, 9.17) is 4.74 Å². The van der Waals surface area contributed by atoms with E-state index in [-0.39, 0.29) is 12.3 Å². The summed E-state index contributed by atoms with van der Waals surface area (Å²) >= 11 is 2.15. The van der Waals surface area contributed by atoms with Gasteiger partial charge in [0, 0.05) is 29.8 Å². The third-order valence-electron chi connectivity index (χ3n) is 8.09. The molecule has 1 saturated heterocycles. The maximum absolute atomic E-state index is 11.6. The summed E-state index contributed by atoms with van der Waals surface area (Å²) in [5.41, 5.74) is 1.70. The number of piperidine rings is 1. The summed E-state index contributed by atoms with van der Waals surface area (Å²) in [4.78, 5) is 18.5. The van der Waals surface area contributed by atoms with Crippen molar-refractivity contribution in [1.82, 2.24) is 9.88 Å². The molecule has 1 aromatic heterocycles. The summed E-state index contributed by atoms with van der Waals surface area (Å²) in [6, 6.07) is 7.61. The van der Waals surface area contributed by atoms with E-state index in [1.165, 1.54) is 44.3 Å². The van der Waals surface area contributed by atoms with Crippen molar-refractivity contribution >= 4 is 28.6 Å². The number of hydrogen-bond donors (Lipinski definition) is 2. The fourth-order valence-electron chi connectivity index (χ4n) is 6.06. The number of aromatic nitrogens is 1.